The van der Waals surface area contributed by atoms with Gasteiger partial charge in [-0.15, -0.1) is 0 Å². The highest BCUT2D eigenvalue weighted by molar-refractivity contribution is 9.10. The van der Waals surface area contributed by atoms with Crippen molar-refractivity contribution in [3.63, 3.8) is 0 Å². The Balaban J connectivity index is 2.96. The zero-order valence-corrected chi connectivity index (χ0v) is 12.8. The van der Waals surface area contributed by atoms with Gasteiger partial charge in [0.25, 0.3) is 0 Å². The molecular formula is C11H16BrNO4S. The fraction of sp³-hybridized carbons (Fsp3) is 0.455. The third-order valence-electron chi connectivity index (χ3n) is 2.13. The van der Waals surface area contributed by atoms with Crippen LogP contribution in [0.1, 0.15) is 13.8 Å². The van der Waals surface area contributed by atoms with E-state index in [1.165, 1.54) is 33.1 Å². The molecule has 5 nitrogen and oxygen atoms in total. The Morgan fingerprint density at radius 1 is 1.44 bits per heavy atom. The SMILES string of the molecule is COc1ccc(S(=O)(=O)NCC(C)(C)O)cc1Br. The lowest BCUT2D eigenvalue weighted by Crippen LogP contribution is -2.38. The molecule has 2 N–H and O–H groups in total. The van der Waals surface area contributed by atoms with Crippen LogP contribution in [0.2, 0.25) is 0 Å². The van der Waals surface area contributed by atoms with E-state index in [9.17, 15) is 13.5 Å². The average Bonchev–Trinajstić information content (AvgIpc) is 2.25. The van der Waals surface area contributed by atoms with E-state index in [0.29, 0.717) is 10.2 Å². The molecule has 0 aliphatic heterocycles. The van der Waals surface area contributed by atoms with Crippen molar-refractivity contribution in [1.82, 2.24) is 4.72 Å². The second-order valence-corrected chi connectivity index (χ2v) is 7.05. The molecule has 0 fully saturated rings. The summed E-state index contributed by atoms with van der Waals surface area (Å²) in [6, 6.07) is 4.45. The molecule has 1 aromatic carbocycles. The van der Waals surface area contributed by atoms with Crippen LogP contribution in [0.4, 0.5) is 0 Å². The van der Waals surface area contributed by atoms with Crippen molar-refractivity contribution in [2.45, 2.75) is 24.3 Å². The van der Waals surface area contributed by atoms with Gasteiger partial charge >= 0.3 is 0 Å². The second kappa shape index (κ2) is 5.56. The Morgan fingerprint density at radius 3 is 2.50 bits per heavy atom. The lowest BCUT2D eigenvalue weighted by Gasteiger charge is -2.17. The van der Waals surface area contributed by atoms with E-state index in [1.807, 2.05) is 0 Å². The van der Waals surface area contributed by atoms with Gasteiger partial charge in [0.1, 0.15) is 5.75 Å². The van der Waals surface area contributed by atoms with Gasteiger partial charge in [0.05, 0.1) is 22.1 Å². The molecule has 0 unspecified atom stereocenters. The van der Waals surface area contributed by atoms with Crippen molar-refractivity contribution in [3.8, 4) is 5.75 Å². The van der Waals surface area contributed by atoms with Crippen molar-refractivity contribution < 1.29 is 18.3 Å². The number of methoxy groups -OCH3 is 1. The smallest absolute Gasteiger partial charge is 0.240 e. The average molecular weight is 338 g/mol. The first kappa shape index (κ1) is 15.4. The molecule has 0 saturated heterocycles. The predicted octanol–water partition coefficient (Wildman–Crippen LogP) is 1.51. The van der Waals surface area contributed by atoms with Gasteiger partial charge < -0.3 is 9.84 Å². The van der Waals surface area contributed by atoms with Gasteiger partial charge in [-0.1, -0.05) is 0 Å². The number of ether oxygens (including phenoxy) is 1. The Morgan fingerprint density at radius 2 is 2.06 bits per heavy atom. The Bertz CT molecular complexity index is 522. The molecule has 0 saturated carbocycles. The Kier molecular flexibility index (Phi) is 4.77. The molecule has 7 heteroatoms. The van der Waals surface area contributed by atoms with Crippen LogP contribution in [0, 0.1) is 0 Å². The summed E-state index contributed by atoms with van der Waals surface area (Å²) in [5.41, 5.74) is -1.10. The van der Waals surface area contributed by atoms with Gasteiger partial charge in [-0.05, 0) is 48.0 Å². The number of aliphatic hydroxyl groups is 1. The molecule has 18 heavy (non-hydrogen) atoms. The van der Waals surface area contributed by atoms with Crippen molar-refractivity contribution in [1.29, 1.82) is 0 Å². The molecule has 0 spiro atoms. The van der Waals surface area contributed by atoms with E-state index in [2.05, 4.69) is 20.7 Å². The zero-order valence-electron chi connectivity index (χ0n) is 10.4. The van der Waals surface area contributed by atoms with Gasteiger partial charge in [-0.3, -0.25) is 0 Å². The zero-order chi connectivity index (χ0) is 14.0. The second-order valence-electron chi connectivity index (χ2n) is 4.43. The lowest BCUT2D eigenvalue weighted by molar-refractivity contribution is 0.0857. The molecular weight excluding hydrogens is 322 g/mol. The molecule has 0 bridgehead atoms. The molecule has 0 aromatic heterocycles. The number of sulfonamides is 1. The van der Waals surface area contributed by atoms with Crippen LogP contribution in [0.15, 0.2) is 27.6 Å². The first-order chi connectivity index (χ1) is 8.15. The highest BCUT2D eigenvalue weighted by Crippen LogP contribution is 2.27. The molecule has 0 heterocycles. The number of halogens is 1. The molecule has 0 amide bonds. The fourth-order valence-corrected chi connectivity index (χ4v) is 3.09. The summed E-state index contributed by atoms with van der Waals surface area (Å²) in [6.07, 6.45) is 0. The van der Waals surface area contributed by atoms with Gasteiger partial charge in [0.15, 0.2) is 0 Å². The molecule has 0 aliphatic rings. The molecule has 102 valence electrons. The topological polar surface area (TPSA) is 75.6 Å². The Labute approximate surface area is 115 Å². The van der Waals surface area contributed by atoms with Crippen molar-refractivity contribution in [2.75, 3.05) is 13.7 Å². The van der Waals surface area contributed by atoms with Crippen LogP contribution < -0.4 is 9.46 Å². The lowest BCUT2D eigenvalue weighted by atomic mass is 10.1. The number of rotatable bonds is 5. The van der Waals surface area contributed by atoms with E-state index in [0.717, 1.165) is 0 Å². The maximum Gasteiger partial charge on any atom is 0.240 e. The van der Waals surface area contributed by atoms with Crippen molar-refractivity contribution in [2.24, 2.45) is 0 Å². The number of benzene rings is 1. The minimum absolute atomic E-state index is 0.0566. The van der Waals surface area contributed by atoms with E-state index in [4.69, 9.17) is 4.74 Å². The predicted molar refractivity (Wildman–Crippen MR) is 72.2 cm³/mol. The largest absolute Gasteiger partial charge is 0.496 e. The van der Waals surface area contributed by atoms with Crippen LogP contribution in [0.3, 0.4) is 0 Å². The van der Waals surface area contributed by atoms with Crippen LogP contribution in [-0.2, 0) is 10.0 Å². The van der Waals surface area contributed by atoms with Crippen LogP contribution in [0.25, 0.3) is 0 Å². The normalized spacial score (nSPS) is 12.5. The van der Waals surface area contributed by atoms with Gasteiger partial charge in [-0.2, -0.15) is 0 Å². The summed E-state index contributed by atoms with van der Waals surface area (Å²) in [4.78, 5) is 0.111. The highest BCUT2D eigenvalue weighted by atomic mass is 79.9. The minimum atomic E-state index is -3.64. The number of hydrogen-bond acceptors (Lipinski definition) is 4. The minimum Gasteiger partial charge on any atom is -0.496 e. The summed E-state index contributed by atoms with van der Waals surface area (Å²) in [6.45, 7) is 3.00. The third-order valence-corrected chi connectivity index (χ3v) is 4.15. The quantitative estimate of drug-likeness (QED) is 0.853. The van der Waals surface area contributed by atoms with Crippen LogP contribution in [-0.4, -0.2) is 32.8 Å². The third kappa shape index (κ3) is 4.24. The molecule has 1 aromatic rings. The fourth-order valence-electron chi connectivity index (χ4n) is 1.17. The van der Waals surface area contributed by atoms with Gasteiger partial charge in [0, 0.05) is 6.54 Å². The maximum atomic E-state index is 11.9. The molecule has 0 atom stereocenters. The Hall–Kier alpha value is -0.630. The molecule has 1 rings (SSSR count). The number of nitrogens with one attached hydrogen (secondary N) is 1. The summed E-state index contributed by atoms with van der Waals surface area (Å²) in [5.74, 6) is 0.552. The van der Waals surface area contributed by atoms with Crippen LogP contribution >= 0.6 is 15.9 Å². The van der Waals surface area contributed by atoms with E-state index >= 15 is 0 Å². The summed E-state index contributed by atoms with van der Waals surface area (Å²) < 4.78 is 31.8. The van der Waals surface area contributed by atoms with Crippen molar-refractivity contribution >= 4 is 26.0 Å². The first-order valence-electron chi connectivity index (χ1n) is 5.21. The molecule has 0 aliphatic carbocycles. The maximum absolute atomic E-state index is 11.9. The summed E-state index contributed by atoms with van der Waals surface area (Å²) >= 11 is 3.22. The van der Waals surface area contributed by atoms with E-state index in [1.54, 1.807) is 6.07 Å². The monoisotopic (exact) mass is 337 g/mol. The summed E-state index contributed by atoms with van der Waals surface area (Å²) in [5, 5.41) is 9.51. The van der Waals surface area contributed by atoms with Crippen LogP contribution in [0.5, 0.6) is 5.75 Å². The first-order valence-corrected chi connectivity index (χ1v) is 7.49. The highest BCUT2D eigenvalue weighted by Gasteiger charge is 2.20. The van der Waals surface area contributed by atoms with Crippen molar-refractivity contribution in [3.05, 3.63) is 22.7 Å². The standard InChI is InChI=1S/C11H16BrNO4S/c1-11(2,14)7-13-18(15,16)8-4-5-10(17-3)9(12)6-8/h4-6,13-14H,7H2,1-3H3. The summed E-state index contributed by atoms with van der Waals surface area (Å²) in [7, 11) is -2.14. The number of hydrogen-bond donors (Lipinski definition) is 2. The van der Waals surface area contributed by atoms with Gasteiger partial charge in [0.2, 0.25) is 10.0 Å². The van der Waals surface area contributed by atoms with Gasteiger partial charge in [-0.25, -0.2) is 13.1 Å². The van der Waals surface area contributed by atoms with E-state index in [-0.39, 0.29) is 11.4 Å². The molecule has 0 radical (unpaired) electrons. The van der Waals surface area contributed by atoms with E-state index < -0.39 is 15.6 Å².